The molecule has 2 heterocycles. The number of piperidine rings is 1. The number of halogens is 3. The number of benzene rings is 1. The minimum atomic E-state index is -4.11. The van der Waals surface area contributed by atoms with E-state index in [1.807, 2.05) is 0 Å². The summed E-state index contributed by atoms with van der Waals surface area (Å²) in [5, 5.41) is 3.40. The van der Waals surface area contributed by atoms with Gasteiger partial charge in [0.15, 0.2) is 5.96 Å². The molecule has 156 valence electrons. The molecular weight excluding hydrogens is 365 g/mol. The third-order valence-corrected chi connectivity index (χ3v) is 5.81. The summed E-state index contributed by atoms with van der Waals surface area (Å²) in [6.07, 6.45) is 0.0935. The molecule has 4 nitrogen and oxygen atoms in total. The lowest BCUT2D eigenvalue weighted by Crippen LogP contribution is -2.47. The average Bonchev–Trinajstić information content (AvgIpc) is 3.10. The quantitative estimate of drug-likeness (QED) is 0.611. The molecule has 1 N–H and O–H groups in total. The fourth-order valence-corrected chi connectivity index (χ4v) is 4.34. The van der Waals surface area contributed by atoms with E-state index in [1.54, 1.807) is 7.05 Å². The van der Waals surface area contributed by atoms with Gasteiger partial charge in [-0.15, -0.1) is 0 Å². The minimum absolute atomic E-state index is 0.245. The van der Waals surface area contributed by atoms with Gasteiger partial charge in [-0.05, 0) is 49.6 Å². The first-order valence-corrected chi connectivity index (χ1v) is 10.2. The normalized spacial score (nSPS) is 22.6. The Kier molecular flexibility index (Phi) is 7.21. The number of nitrogens with zero attached hydrogens (tertiary/aromatic N) is 3. The summed E-state index contributed by atoms with van der Waals surface area (Å²) in [5.41, 5.74) is 1.40. The second-order valence-corrected chi connectivity index (χ2v) is 8.05. The summed E-state index contributed by atoms with van der Waals surface area (Å²) in [7, 11) is 1.78. The van der Waals surface area contributed by atoms with E-state index in [0.29, 0.717) is 25.6 Å². The Morgan fingerprint density at radius 2 is 1.75 bits per heavy atom. The molecule has 0 aromatic heterocycles. The molecule has 3 rings (SSSR count). The Bertz CT molecular complexity index is 624. The van der Waals surface area contributed by atoms with Crippen molar-refractivity contribution in [2.75, 3.05) is 46.3 Å². The van der Waals surface area contributed by atoms with Gasteiger partial charge in [0.2, 0.25) is 0 Å². The number of hydrogen-bond acceptors (Lipinski definition) is 2. The van der Waals surface area contributed by atoms with Crippen LogP contribution in [0.5, 0.6) is 0 Å². The summed E-state index contributed by atoms with van der Waals surface area (Å²) >= 11 is 0. The number of hydrogen-bond donors (Lipinski definition) is 1. The van der Waals surface area contributed by atoms with Crippen LogP contribution in [-0.4, -0.2) is 68.3 Å². The molecule has 2 aliphatic heterocycles. The highest BCUT2D eigenvalue weighted by Crippen LogP contribution is 2.23. The molecule has 2 saturated heterocycles. The maximum atomic E-state index is 12.5. The van der Waals surface area contributed by atoms with E-state index in [-0.39, 0.29) is 5.92 Å². The first-order valence-electron chi connectivity index (χ1n) is 10.2. The molecule has 0 bridgehead atoms. The number of likely N-dealkylation sites (tertiary alicyclic amines) is 2. The SMILES string of the molecule is CN=C(NCC1CCN(CC(F)(F)F)C1)N1CCC(Cc2ccccc2)CC1. The van der Waals surface area contributed by atoms with Gasteiger partial charge >= 0.3 is 6.18 Å². The molecule has 0 radical (unpaired) electrons. The van der Waals surface area contributed by atoms with Crippen molar-refractivity contribution in [2.45, 2.75) is 31.9 Å². The summed E-state index contributed by atoms with van der Waals surface area (Å²) in [5.74, 6) is 1.82. The van der Waals surface area contributed by atoms with E-state index in [1.165, 1.54) is 10.5 Å². The van der Waals surface area contributed by atoms with Gasteiger partial charge in [-0.1, -0.05) is 30.3 Å². The van der Waals surface area contributed by atoms with Crippen molar-refractivity contribution < 1.29 is 13.2 Å². The van der Waals surface area contributed by atoms with E-state index in [0.717, 1.165) is 44.7 Å². The van der Waals surface area contributed by atoms with Crippen molar-refractivity contribution in [3.05, 3.63) is 35.9 Å². The van der Waals surface area contributed by atoms with E-state index in [2.05, 4.69) is 45.5 Å². The molecule has 0 saturated carbocycles. The summed E-state index contributed by atoms with van der Waals surface area (Å²) in [6, 6.07) is 10.6. The third-order valence-electron chi connectivity index (χ3n) is 5.81. The van der Waals surface area contributed by atoms with Crippen LogP contribution >= 0.6 is 0 Å². The van der Waals surface area contributed by atoms with E-state index < -0.39 is 12.7 Å². The molecule has 1 atom stereocenters. The minimum Gasteiger partial charge on any atom is -0.356 e. The van der Waals surface area contributed by atoms with Crippen LogP contribution < -0.4 is 5.32 Å². The zero-order valence-electron chi connectivity index (χ0n) is 16.6. The lowest BCUT2D eigenvalue weighted by Gasteiger charge is -2.34. The van der Waals surface area contributed by atoms with Crippen molar-refractivity contribution in [2.24, 2.45) is 16.8 Å². The smallest absolute Gasteiger partial charge is 0.356 e. The molecule has 2 fully saturated rings. The number of guanidine groups is 1. The fourth-order valence-electron chi connectivity index (χ4n) is 4.34. The van der Waals surface area contributed by atoms with Crippen LogP contribution in [0.2, 0.25) is 0 Å². The van der Waals surface area contributed by atoms with Crippen LogP contribution in [0, 0.1) is 11.8 Å². The van der Waals surface area contributed by atoms with E-state index >= 15 is 0 Å². The van der Waals surface area contributed by atoms with Crippen molar-refractivity contribution >= 4 is 5.96 Å². The molecule has 1 unspecified atom stereocenters. The molecule has 7 heteroatoms. The molecule has 2 aliphatic rings. The Morgan fingerprint density at radius 1 is 1.07 bits per heavy atom. The van der Waals surface area contributed by atoms with Crippen molar-refractivity contribution in [3.63, 3.8) is 0 Å². The molecule has 1 aromatic rings. The van der Waals surface area contributed by atoms with E-state index in [4.69, 9.17) is 0 Å². The van der Waals surface area contributed by atoms with E-state index in [9.17, 15) is 13.2 Å². The third kappa shape index (κ3) is 6.40. The van der Waals surface area contributed by atoms with Crippen LogP contribution in [-0.2, 0) is 6.42 Å². The van der Waals surface area contributed by atoms with Gasteiger partial charge in [0.1, 0.15) is 0 Å². The largest absolute Gasteiger partial charge is 0.401 e. The van der Waals surface area contributed by atoms with Crippen LogP contribution in [0.25, 0.3) is 0 Å². The monoisotopic (exact) mass is 396 g/mol. The molecule has 0 amide bonds. The molecular formula is C21H31F3N4. The van der Waals surface area contributed by atoms with Crippen molar-refractivity contribution in [3.8, 4) is 0 Å². The first kappa shape index (κ1) is 21.0. The number of aliphatic imine (C=N–C) groups is 1. The Balaban J connectivity index is 1.39. The van der Waals surface area contributed by atoms with Gasteiger partial charge in [0.05, 0.1) is 6.54 Å². The van der Waals surface area contributed by atoms with Crippen LogP contribution in [0.15, 0.2) is 35.3 Å². The van der Waals surface area contributed by atoms with Gasteiger partial charge in [0, 0.05) is 33.2 Å². The summed E-state index contributed by atoms with van der Waals surface area (Å²) < 4.78 is 37.6. The van der Waals surface area contributed by atoms with Gasteiger partial charge in [-0.3, -0.25) is 9.89 Å². The van der Waals surface area contributed by atoms with Crippen LogP contribution in [0.1, 0.15) is 24.8 Å². The zero-order chi connectivity index (χ0) is 20.0. The van der Waals surface area contributed by atoms with Gasteiger partial charge in [-0.25, -0.2) is 0 Å². The highest BCUT2D eigenvalue weighted by atomic mass is 19.4. The lowest BCUT2D eigenvalue weighted by atomic mass is 9.90. The fraction of sp³-hybridized carbons (Fsp3) is 0.667. The van der Waals surface area contributed by atoms with Gasteiger partial charge < -0.3 is 10.2 Å². The lowest BCUT2D eigenvalue weighted by molar-refractivity contribution is -0.143. The Labute approximate surface area is 165 Å². The number of rotatable bonds is 5. The molecule has 0 aliphatic carbocycles. The predicted molar refractivity (Wildman–Crippen MR) is 106 cm³/mol. The second kappa shape index (κ2) is 9.63. The Hall–Kier alpha value is -1.76. The van der Waals surface area contributed by atoms with Gasteiger partial charge in [0.25, 0.3) is 0 Å². The summed E-state index contributed by atoms with van der Waals surface area (Å²) in [6.45, 7) is 2.86. The maximum absolute atomic E-state index is 12.5. The second-order valence-electron chi connectivity index (χ2n) is 8.05. The molecule has 0 spiro atoms. The number of alkyl halides is 3. The number of nitrogens with one attached hydrogen (secondary N) is 1. The zero-order valence-corrected chi connectivity index (χ0v) is 16.6. The summed E-state index contributed by atoms with van der Waals surface area (Å²) in [4.78, 5) is 8.18. The maximum Gasteiger partial charge on any atom is 0.401 e. The van der Waals surface area contributed by atoms with Gasteiger partial charge in [-0.2, -0.15) is 13.2 Å². The molecule has 1 aromatic carbocycles. The topological polar surface area (TPSA) is 30.9 Å². The highest BCUT2D eigenvalue weighted by Gasteiger charge is 2.34. The van der Waals surface area contributed by atoms with Crippen LogP contribution in [0.4, 0.5) is 13.2 Å². The standard InChI is InChI=1S/C21H31F3N4/c1-25-20(26-14-19-7-10-27(15-19)16-21(22,23)24)28-11-8-18(9-12-28)13-17-5-3-2-4-6-17/h2-6,18-19H,7-16H2,1H3,(H,25,26). The molecule has 28 heavy (non-hydrogen) atoms. The first-order chi connectivity index (χ1) is 13.4. The van der Waals surface area contributed by atoms with Crippen molar-refractivity contribution in [1.82, 2.24) is 15.1 Å². The van der Waals surface area contributed by atoms with Crippen molar-refractivity contribution in [1.29, 1.82) is 0 Å². The average molecular weight is 397 g/mol. The predicted octanol–water partition coefficient (Wildman–Crippen LogP) is 3.40. The highest BCUT2D eigenvalue weighted by molar-refractivity contribution is 5.79. The Morgan fingerprint density at radius 3 is 2.39 bits per heavy atom. The van der Waals surface area contributed by atoms with Crippen LogP contribution in [0.3, 0.4) is 0 Å².